The van der Waals surface area contributed by atoms with Crippen molar-refractivity contribution in [3.63, 3.8) is 0 Å². The highest BCUT2D eigenvalue weighted by Gasteiger charge is 2.23. The normalized spacial score (nSPS) is 13.9. The fourth-order valence-electron chi connectivity index (χ4n) is 1.63. The largest absolute Gasteiger partial charge is 0.349 e. The number of nitrogens with zero attached hydrogens (tertiary/aromatic N) is 3. The average molecular weight is 255 g/mol. The van der Waals surface area contributed by atoms with Crippen molar-refractivity contribution in [1.82, 2.24) is 20.3 Å². The number of carbonyl (C=O) groups excluding carboxylic acids is 1. The van der Waals surface area contributed by atoms with Crippen LogP contribution >= 0.6 is 0 Å². The molecule has 3 rings (SSSR count). The van der Waals surface area contributed by atoms with Crippen molar-refractivity contribution in [2.45, 2.75) is 18.9 Å². The highest BCUT2D eigenvalue weighted by atomic mass is 16.1. The predicted octanol–water partition coefficient (Wildman–Crippen LogP) is 1.51. The summed E-state index contributed by atoms with van der Waals surface area (Å²) in [6.07, 6.45) is 8.52. The van der Waals surface area contributed by atoms with Crippen LogP contribution < -0.4 is 10.6 Å². The number of amides is 1. The van der Waals surface area contributed by atoms with Gasteiger partial charge in [-0.05, 0) is 25.0 Å². The van der Waals surface area contributed by atoms with E-state index < -0.39 is 0 Å². The summed E-state index contributed by atoms with van der Waals surface area (Å²) in [6, 6.07) is 3.74. The molecule has 1 amide bonds. The third kappa shape index (κ3) is 3.04. The average Bonchev–Trinajstić information content (AvgIpc) is 3.24. The van der Waals surface area contributed by atoms with E-state index >= 15 is 0 Å². The number of aromatic nitrogens is 3. The molecule has 2 N–H and O–H groups in total. The van der Waals surface area contributed by atoms with Crippen molar-refractivity contribution in [1.29, 1.82) is 0 Å². The minimum atomic E-state index is -0.0629. The van der Waals surface area contributed by atoms with Crippen LogP contribution in [0.1, 0.15) is 23.2 Å². The van der Waals surface area contributed by atoms with E-state index in [0.29, 0.717) is 23.2 Å². The molecule has 2 heterocycles. The van der Waals surface area contributed by atoms with Gasteiger partial charge in [0.05, 0.1) is 6.20 Å². The van der Waals surface area contributed by atoms with Gasteiger partial charge in [0.1, 0.15) is 11.6 Å². The Kier molecular flexibility index (Phi) is 3.06. The van der Waals surface area contributed by atoms with E-state index in [9.17, 15) is 4.79 Å². The van der Waals surface area contributed by atoms with Crippen molar-refractivity contribution < 1.29 is 4.79 Å². The Morgan fingerprint density at radius 3 is 2.74 bits per heavy atom. The Hall–Kier alpha value is -2.50. The summed E-state index contributed by atoms with van der Waals surface area (Å²) in [7, 11) is 0. The molecule has 1 aliphatic rings. The second-order valence-electron chi connectivity index (χ2n) is 4.39. The quantitative estimate of drug-likeness (QED) is 0.865. The Labute approximate surface area is 110 Å². The zero-order valence-corrected chi connectivity index (χ0v) is 10.2. The van der Waals surface area contributed by atoms with Gasteiger partial charge in [0.25, 0.3) is 5.91 Å². The minimum absolute atomic E-state index is 0.0629. The first-order valence-electron chi connectivity index (χ1n) is 6.11. The number of hydrogen-bond acceptors (Lipinski definition) is 5. The van der Waals surface area contributed by atoms with Crippen molar-refractivity contribution in [3.05, 3.63) is 42.5 Å². The zero-order chi connectivity index (χ0) is 13.1. The summed E-state index contributed by atoms with van der Waals surface area (Å²) in [6.45, 7) is 0. The first-order valence-corrected chi connectivity index (χ1v) is 6.11. The summed E-state index contributed by atoms with van der Waals surface area (Å²) in [5.74, 6) is 1.10. The van der Waals surface area contributed by atoms with E-state index in [1.165, 1.54) is 0 Å². The van der Waals surface area contributed by atoms with E-state index in [1.54, 1.807) is 36.9 Å². The molecule has 2 aromatic rings. The molecule has 0 radical (unpaired) electrons. The topological polar surface area (TPSA) is 79.8 Å². The van der Waals surface area contributed by atoms with Gasteiger partial charge in [-0.15, -0.1) is 0 Å². The molecule has 0 atom stereocenters. The first kappa shape index (κ1) is 11.6. The molecule has 0 unspecified atom stereocenters. The predicted molar refractivity (Wildman–Crippen MR) is 70.0 cm³/mol. The molecule has 0 aliphatic heterocycles. The fraction of sp³-hybridized carbons (Fsp3) is 0.231. The van der Waals surface area contributed by atoms with E-state index in [1.807, 2.05) is 0 Å². The van der Waals surface area contributed by atoms with Gasteiger partial charge < -0.3 is 10.6 Å². The van der Waals surface area contributed by atoms with Crippen molar-refractivity contribution in [2.75, 3.05) is 5.32 Å². The summed E-state index contributed by atoms with van der Waals surface area (Å²) >= 11 is 0. The molecule has 0 saturated heterocycles. The lowest BCUT2D eigenvalue weighted by Gasteiger charge is -2.06. The van der Waals surface area contributed by atoms with Gasteiger partial charge in [0.2, 0.25) is 0 Å². The Morgan fingerprint density at radius 2 is 2.00 bits per heavy atom. The van der Waals surface area contributed by atoms with Crippen molar-refractivity contribution in [3.8, 4) is 0 Å². The van der Waals surface area contributed by atoms with E-state index in [0.717, 1.165) is 12.8 Å². The van der Waals surface area contributed by atoms with Crippen LogP contribution in [-0.2, 0) is 0 Å². The van der Waals surface area contributed by atoms with Crippen molar-refractivity contribution in [2.24, 2.45) is 0 Å². The summed E-state index contributed by atoms with van der Waals surface area (Å²) < 4.78 is 0. The Balaban J connectivity index is 1.73. The lowest BCUT2D eigenvalue weighted by atomic mass is 10.2. The van der Waals surface area contributed by atoms with Gasteiger partial charge >= 0.3 is 0 Å². The summed E-state index contributed by atoms with van der Waals surface area (Å²) in [4.78, 5) is 24.1. The molecule has 0 spiro atoms. The molecular formula is C13H13N5O. The SMILES string of the molecule is O=C(NC1CC1)c1ccnc(Nc2cnccn2)c1. The Morgan fingerprint density at radius 1 is 1.16 bits per heavy atom. The van der Waals surface area contributed by atoms with Crippen LogP contribution in [0.15, 0.2) is 36.9 Å². The fourth-order valence-corrected chi connectivity index (χ4v) is 1.63. The Bertz CT molecular complexity index is 583. The second-order valence-corrected chi connectivity index (χ2v) is 4.39. The van der Waals surface area contributed by atoms with Gasteiger partial charge in [0, 0.05) is 30.2 Å². The molecule has 96 valence electrons. The number of hydrogen-bond donors (Lipinski definition) is 2. The lowest BCUT2D eigenvalue weighted by Crippen LogP contribution is -2.25. The van der Waals surface area contributed by atoms with Crippen LogP contribution in [0.25, 0.3) is 0 Å². The van der Waals surface area contributed by atoms with Crippen LogP contribution in [0, 0.1) is 0 Å². The lowest BCUT2D eigenvalue weighted by molar-refractivity contribution is 0.0951. The van der Waals surface area contributed by atoms with Gasteiger partial charge in [-0.2, -0.15) is 0 Å². The third-order valence-electron chi connectivity index (χ3n) is 2.75. The standard InChI is InChI=1S/C13H13N5O/c19-13(17-10-1-2-10)9-3-4-15-11(7-9)18-12-8-14-5-6-16-12/h3-8,10H,1-2H2,(H,17,19)(H,15,16,18). The molecule has 6 nitrogen and oxygen atoms in total. The van der Waals surface area contributed by atoms with Gasteiger partial charge in [-0.1, -0.05) is 0 Å². The summed E-state index contributed by atoms with van der Waals surface area (Å²) in [5.41, 5.74) is 0.591. The number of nitrogens with one attached hydrogen (secondary N) is 2. The smallest absolute Gasteiger partial charge is 0.251 e. The summed E-state index contributed by atoms with van der Waals surface area (Å²) in [5, 5.41) is 5.94. The third-order valence-corrected chi connectivity index (χ3v) is 2.75. The monoisotopic (exact) mass is 255 g/mol. The van der Waals surface area contributed by atoms with Crippen LogP contribution in [-0.4, -0.2) is 26.9 Å². The minimum Gasteiger partial charge on any atom is -0.349 e. The van der Waals surface area contributed by atoms with Crippen molar-refractivity contribution >= 4 is 17.5 Å². The molecule has 6 heteroatoms. The number of pyridine rings is 1. The van der Waals surface area contributed by atoms with Crippen LogP contribution in [0.4, 0.5) is 11.6 Å². The highest BCUT2D eigenvalue weighted by Crippen LogP contribution is 2.20. The first-order chi connectivity index (χ1) is 9.31. The van der Waals surface area contributed by atoms with Crippen LogP contribution in [0.5, 0.6) is 0 Å². The van der Waals surface area contributed by atoms with E-state index in [2.05, 4.69) is 25.6 Å². The highest BCUT2D eigenvalue weighted by molar-refractivity contribution is 5.95. The molecule has 1 fully saturated rings. The number of rotatable bonds is 4. The molecule has 0 aromatic carbocycles. The van der Waals surface area contributed by atoms with Crippen LogP contribution in [0.2, 0.25) is 0 Å². The van der Waals surface area contributed by atoms with E-state index in [4.69, 9.17) is 0 Å². The zero-order valence-electron chi connectivity index (χ0n) is 10.2. The second kappa shape index (κ2) is 5.01. The van der Waals surface area contributed by atoms with Crippen LogP contribution in [0.3, 0.4) is 0 Å². The molecule has 0 bridgehead atoms. The maximum absolute atomic E-state index is 11.9. The molecule has 2 aromatic heterocycles. The number of anilines is 2. The van der Waals surface area contributed by atoms with Gasteiger partial charge in [-0.3, -0.25) is 9.78 Å². The number of carbonyl (C=O) groups is 1. The maximum Gasteiger partial charge on any atom is 0.251 e. The molecule has 19 heavy (non-hydrogen) atoms. The molecule has 1 aliphatic carbocycles. The molecular weight excluding hydrogens is 242 g/mol. The molecule has 1 saturated carbocycles. The van der Waals surface area contributed by atoms with E-state index in [-0.39, 0.29) is 5.91 Å². The van der Waals surface area contributed by atoms with Gasteiger partial charge in [-0.25, -0.2) is 9.97 Å². The van der Waals surface area contributed by atoms with Gasteiger partial charge in [0.15, 0.2) is 0 Å². The maximum atomic E-state index is 11.9.